The molecule has 1 saturated heterocycles. The molecule has 49 heavy (non-hydrogen) atoms. The van der Waals surface area contributed by atoms with Crippen LogP contribution in [0.4, 0.5) is 0 Å². The van der Waals surface area contributed by atoms with E-state index in [0.717, 1.165) is 76.9 Å². The minimum absolute atomic E-state index is 0.0256. The van der Waals surface area contributed by atoms with E-state index < -0.39 is 11.5 Å². The van der Waals surface area contributed by atoms with Gasteiger partial charge in [0, 0.05) is 35.7 Å². The van der Waals surface area contributed by atoms with Crippen LogP contribution < -0.4 is 5.32 Å². The zero-order valence-electron chi connectivity index (χ0n) is 27.2. The van der Waals surface area contributed by atoms with Crippen LogP contribution in [0.25, 0.3) is 39.3 Å². The fourth-order valence-corrected chi connectivity index (χ4v) is 7.83. The van der Waals surface area contributed by atoms with Crippen LogP contribution in [0.3, 0.4) is 0 Å². The van der Waals surface area contributed by atoms with E-state index in [4.69, 9.17) is 19.2 Å². The summed E-state index contributed by atoms with van der Waals surface area (Å²) in [7, 11) is 0. The second kappa shape index (κ2) is 12.7. The number of carboxylic acid groups (broad SMARTS) is 1. The summed E-state index contributed by atoms with van der Waals surface area (Å²) in [5.41, 5.74) is 6.15. The molecule has 3 aliphatic rings. The summed E-state index contributed by atoms with van der Waals surface area (Å²) in [5.74, 6) is -0.140. The number of carbonyl (C=O) groups excluding carboxylic acids is 2. The van der Waals surface area contributed by atoms with E-state index in [1.165, 1.54) is 18.4 Å². The highest BCUT2D eigenvalue weighted by molar-refractivity contribution is 6.01. The molecule has 0 atom stereocenters. The number of aromatic nitrogens is 3. The van der Waals surface area contributed by atoms with Crippen molar-refractivity contribution in [2.24, 2.45) is 0 Å². The number of carbonyl (C=O) groups is 3. The first-order chi connectivity index (χ1) is 23.9. The van der Waals surface area contributed by atoms with Gasteiger partial charge < -0.3 is 34.0 Å². The Labute approximate surface area is 282 Å². The third kappa shape index (κ3) is 5.82. The Morgan fingerprint density at radius 3 is 2.57 bits per heavy atom. The van der Waals surface area contributed by atoms with E-state index in [1.54, 1.807) is 18.6 Å². The lowest BCUT2D eigenvalue weighted by Gasteiger charge is -2.40. The summed E-state index contributed by atoms with van der Waals surface area (Å²) >= 11 is 0. The first-order valence-corrected chi connectivity index (χ1v) is 17.2. The Balaban J connectivity index is 1.16. The molecule has 3 aromatic heterocycles. The van der Waals surface area contributed by atoms with Crippen molar-refractivity contribution >= 4 is 45.8 Å². The standard InChI is InChI=1S/C38H39N5O6/c44-32(42-15-18-48-19-16-42)22-43-31-21-26(8-9-28(31)34(25-4-1-2-5-25)35(43)27-12-17-49-23-27)36(47)41-38(13-3-14-38)37-39-29-10-6-24(7-11-33(45)46)20-30(29)40-37/h6-12,17,20-21,23,25H,1-5,13-16,18-19,22H2,(H,39,40)(H,41,47)(H,45,46)/b11-7+. The molecule has 252 valence electrons. The van der Waals surface area contributed by atoms with Gasteiger partial charge in [0.2, 0.25) is 5.91 Å². The minimum atomic E-state index is -1.01. The molecular weight excluding hydrogens is 622 g/mol. The summed E-state index contributed by atoms with van der Waals surface area (Å²) in [6.45, 7) is 2.33. The quantitative estimate of drug-likeness (QED) is 0.160. The number of fused-ring (bicyclic) bond motifs is 2. The average Bonchev–Trinajstić information content (AvgIpc) is 3.92. The predicted molar refractivity (Wildman–Crippen MR) is 184 cm³/mol. The van der Waals surface area contributed by atoms with Crippen LogP contribution in [-0.2, 0) is 26.4 Å². The molecule has 4 heterocycles. The van der Waals surface area contributed by atoms with E-state index in [-0.39, 0.29) is 18.4 Å². The van der Waals surface area contributed by atoms with Crippen LogP contribution in [0, 0.1) is 0 Å². The number of nitrogens with zero attached hydrogens (tertiary/aromatic N) is 3. The van der Waals surface area contributed by atoms with E-state index in [0.29, 0.717) is 43.6 Å². The van der Waals surface area contributed by atoms with Gasteiger partial charge in [0.05, 0.1) is 53.5 Å². The van der Waals surface area contributed by atoms with Gasteiger partial charge >= 0.3 is 5.97 Å². The van der Waals surface area contributed by atoms with E-state index in [1.807, 2.05) is 41.3 Å². The van der Waals surface area contributed by atoms with Crippen LogP contribution in [0.2, 0.25) is 0 Å². The molecule has 0 radical (unpaired) electrons. The second-order valence-corrected chi connectivity index (χ2v) is 13.5. The van der Waals surface area contributed by atoms with Gasteiger partial charge in [-0.15, -0.1) is 0 Å². The van der Waals surface area contributed by atoms with Gasteiger partial charge in [-0.1, -0.05) is 25.0 Å². The van der Waals surface area contributed by atoms with E-state index in [9.17, 15) is 14.4 Å². The first-order valence-electron chi connectivity index (χ1n) is 17.2. The van der Waals surface area contributed by atoms with Crippen molar-refractivity contribution in [3.05, 3.63) is 83.6 Å². The Morgan fingerprint density at radius 1 is 1.04 bits per heavy atom. The van der Waals surface area contributed by atoms with Crippen molar-refractivity contribution in [3.63, 3.8) is 0 Å². The van der Waals surface area contributed by atoms with Crippen molar-refractivity contribution in [1.82, 2.24) is 24.8 Å². The molecule has 0 unspecified atom stereocenters. The molecule has 11 heteroatoms. The summed E-state index contributed by atoms with van der Waals surface area (Å²) < 4.78 is 13.2. The predicted octanol–water partition coefficient (Wildman–Crippen LogP) is 6.20. The second-order valence-electron chi connectivity index (χ2n) is 13.5. The molecule has 8 rings (SSSR count). The number of nitrogens with one attached hydrogen (secondary N) is 2. The lowest BCUT2D eigenvalue weighted by atomic mass is 9.76. The molecule has 1 aliphatic heterocycles. The number of furan rings is 1. The van der Waals surface area contributed by atoms with Crippen LogP contribution in [0.1, 0.15) is 78.2 Å². The van der Waals surface area contributed by atoms with Gasteiger partial charge in [-0.2, -0.15) is 0 Å². The molecule has 2 aliphatic carbocycles. The Kier molecular flexibility index (Phi) is 8.07. The van der Waals surface area contributed by atoms with Gasteiger partial charge in [0.25, 0.3) is 5.91 Å². The van der Waals surface area contributed by atoms with Gasteiger partial charge in [0.15, 0.2) is 0 Å². The molecular formula is C38H39N5O6. The maximum absolute atomic E-state index is 14.1. The summed E-state index contributed by atoms with van der Waals surface area (Å²) in [5, 5.41) is 13.4. The number of hydrogen-bond donors (Lipinski definition) is 3. The normalized spacial score (nSPS) is 18.0. The van der Waals surface area contributed by atoms with Crippen molar-refractivity contribution in [1.29, 1.82) is 0 Å². The third-order valence-corrected chi connectivity index (χ3v) is 10.5. The Hall–Kier alpha value is -5.16. The SMILES string of the molecule is O=C(O)/C=C/c1ccc2nc(C3(NC(=O)c4ccc5c(C6CCCC6)c(-c6ccoc6)n(CC(=O)N6CCOCC6)c5c4)CCC3)[nH]c2c1. The number of aromatic amines is 1. The highest BCUT2D eigenvalue weighted by Crippen LogP contribution is 2.46. The van der Waals surface area contributed by atoms with Gasteiger partial charge in [-0.05, 0) is 85.6 Å². The molecule has 11 nitrogen and oxygen atoms in total. The zero-order valence-corrected chi connectivity index (χ0v) is 27.2. The number of aliphatic carboxylic acids is 1. The number of morpholine rings is 1. The number of H-pyrrole nitrogens is 1. The van der Waals surface area contributed by atoms with E-state index >= 15 is 0 Å². The van der Waals surface area contributed by atoms with Gasteiger partial charge in [0.1, 0.15) is 12.4 Å². The third-order valence-electron chi connectivity index (χ3n) is 10.5. The monoisotopic (exact) mass is 661 g/mol. The summed E-state index contributed by atoms with van der Waals surface area (Å²) in [4.78, 5) is 49.0. The molecule has 2 amide bonds. The lowest BCUT2D eigenvalue weighted by Crippen LogP contribution is -2.51. The Bertz CT molecular complexity index is 2070. The molecule has 3 fully saturated rings. The summed E-state index contributed by atoms with van der Waals surface area (Å²) in [6.07, 6.45) is 13.0. The van der Waals surface area contributed by atoms with Crippen LogP contribution in [-0.4, -0.2) is 68.6 Å². The first kappa shape index (κ1) is 31.1. The smallest absolute Gasteiger partial charge is 0.328 e. The highest BCUT2D eigenvalue weighted by Gasteiger charge is 2.43. The Morgan fingerprint density at radius 2 is 1.86 bits per heavy atom. The van der Waals surface area contributed by atoms with Crippen molar-refractivity contribution < 1.29 is 28.6 Å². The number of carboxylic acids is 1. The zero-order chi connectivity index (χ0) is 33.5. The van der Waals surface area contributed by atoms with Crippen LogP contribution in [0.5, 0.6) is 0 Å². The molecule has 2 aromatic carbocycles. The molecule has 3 N–H and O–H groups in total. The fraction of sp³-hybridized carbons (Fsp3) is 0.368. The molecule has 0 bridgehead atoms. The number of imidazole rings is 1. The van der Waals surface area contributed by atoms with Crippen molar-refractivity contribution in [2.45, 2.75) is 62.9 Å². The molecule has 0 spiro atoms. The lowest BCUT2D eigenvalue weighted by molar-refractivity contribution is -0.135. The maximum atomic E-state index is 14.1. The van der Waals surface area contributed by atoms with Gasteiger partial charge in [-0.3, -0.25) is 9.59 Å². The van der Waals surface area contributed by atoms with Gasteiger partial charge in [-0.25, -0.2) is 9.78 Å². The van der Waals surface area contributed by atoms with Crippen molar-refractivity contribution in [3.8, 4) is 11.3 Å². The number of ether oxygens (including phenoxy) is 1. The van der Waals surface area contributed by atoms with E-state index in [2.05, 4.69) is 20.9 Å². The molecule has 5 aromatic rings. The fourth-order valence-electron chi connectivity index (χ4n) is 7.83. The number of rotatable bonds is 9. The number of hydrogen-bond acceptors (Lipinski definition) is 6. The van der Waals surface area contributed by atoms with Crippen LogP contribution >= 0.6 is 0 Å². The topological polar surface area (TPSA) is 143 Å². The average molecular weight is 662 g/mol. The maximum Gasteiger partial charge on any atom is 0.328 e. The molecule has 2 saturated carbocycles. The largest absolute Gasteiger partial charge is 0.478 e. The minimum Gasteiger partial charge on any atom is -0.478 e. The number of amides is 2. The summed E-state index contributed by atoms with van der Waals surface area (Å²) in [6, 6.07) is 13.4. The highest BCUT2D eigenvalue weighted by atomic mass is 16.5. The van der Waals surface area contributed by atoms with Crippen LogP contribution in [0.15, 0.2) is 65.5 Å². The number of benzene rings is 2. The van der Waals surface area contributed by atoms with Crippen molar-refractivity contribution in [2.75, 3.05) is 26.3 Å².